The molecule has 19 heavy (non-hydrogen) atoms. The number of pyridine rings is 1. The average Bonchev–Trinajstić information content (AvgIpc) is 2.39. The van der Waals surface area contributed by atoms with Crippen molar-refractivity contribution in [3.63, 3.8) is 0 Å². The summed E-state index contributed by atoms with van der Waals surface area (Å²) in [7, 11) is 0. The van der Waals surface area contributed by atoms with Crippen LogP contribution in [0, 0.1) is 0 Å². The number of hydrogen-bond acceptors (Lipinski definition) is 3. The summed E-state index contributed by atoms with van der Waals surface area (Å²) in [5.41, 5.74) is -0.916. The second kappa shape index (κ2) is 6.23. The SMILES string of the molecule is FC(F)(F)c1cccc(OCCC2CCCCN2)n1. The molecule has 3 nitrogen and oxygen atoms in total. The fourth-order valence-electron chi connectivity index (χ4n) is 2.13. The zero-order valence-electron chi connectivity index (χ0n) is 10.5. The van der Waals surface area contributed by atoms with E-state index in [1.54, 1.807) is 0 Å². The molecule has 0 aliphatic carbocycles. The molecule has 2 rings (SSSR count). The van der Waals surface area contributed by atoms with Gasteiger partial charge in [-0.15, -0.1) is 0 Å². The predicted molar refractivity (Wildman–Crippen MR) is 65.0 cm³/mol. The maximum Gasteiger partial charge on any atom is 0.433 e. The van der Waals surface area contributed by atoms with Crippen LogP contribution >= 0.6 is 0 Å². The van der Waals surface area contributed by atoms with Gasteiger partial charge in [-0.2, -0.15) is 13.2 Å². The van der Waals surface area contributed by atoms with Gasteiger partial charge in [0.05, 0.1) is 6.61 Å². The van der Waals surface area contributed by atoms with Crippen molar-refractivity contribution in [3.05, 3.63) is 23.9 Å². The van der Waals surface area contributed by atoms with E-state index in [4.69, 9.17) is 4.74 Å². The molecule has 0 amide bonds. The van der Waals surface area contributed by atoms with Crippen molar-refractivity contribution in [2.75, 3.05) is 13.2 Å². The Hall–Kier alpha value is -1.30. The molecule has 1 aliphatic rings. The summed E-state index contributed by atoms with van der Waals surface area (Å²) >= 11 is 0. The quantitative estimate of drug-likeness (QED) is 0.916. The molecular weight excluding hydrogens is 257 g/mol. The summed E-state index contributed by atoms with van der Waals surface area (Å²) in [6.07, 6.45) is -0.159. The number of ether oxygens (including phenoxy) is 1. The molecule has 1 saturated heterocycles. The lowest BCUT2D eigenvalue weighted by molar-refractivity contribution is -0.141. The first-order valence-electron chi connectivity index (χ1n) is 6.46. The van der Waals surface area contributed by atoms with Gasteiger partial charge in [0.15, 0.2) is 0 Å². The molecule has 1 aliphatic heterocycles. The van der Waals surface area contributed by atoms with E-state index >= 15 is 0 Å². The van der Waals surface area contributed by atoms with E-state index in [0.29, 0.717) is 12.6 Å². The molecule has 0 aromatic carbocycles. The second-order valence-corrected chi connectivity index (χ2v) is 4.64. The molecule has 1 aromatic rings. The zero-order valence-corrected chi connectivity index (χ0v) is 10.5. The Bertz CT molecular complexity index is 403. The van der Waals surface area contributed by atoms with Crippen LogP contribution in [0.5, 0.6) is 5.88 Å². The molecule has 0 radical (unpaired) electrons. The first-order valence-corrected chi connectivity index (χ1v) is 6.46. The van der Waals surface area contributed by atoms with E-state index in [9.17, 15) is 13.2 Å². The fourth-order valence-corrected chi connectivity index (χ4v) is 2.13. The van der Waals surface area contributed by atoms with Gasteiger partial charge in [0.2, 0.25) is 5.88 Å². The van der Waals surface area contributed by atoms with Crippen LogP contribution in [0.4, 0.5) is 13.2 Å². The molecule has 1 fully saturated rings. The van der Waals surface area contributed by atoms with Gasteiger partial charge in [0.25, 0.3) is 0 Å². The van der Waals surface area contributed by atoms with Crippen LogP contribution in [0.3, 0.4) is 0 Å². The van der Waals surface area contributed by atoms with Crippen LogP contribution in [0.25, 0.3) is 0 Å². The number of piperidine rings is 1. The van der Waals surface area contributed by atoms with E-state index in [0.717, 1.165) is 25.5 Å². The molecule has 106 valence electrons. The number of hydrogen-bond donors (Lipinski definition) is 1. The maximum atomic E-state index is 12.5. The third-order valence-electron chi connectivity index (χ3n) is 3.14. The molecule has 1 unspecified atom stereocenters. The number of aromatic nitrogens is 1. The molecule has 0 bridgehead atoms. The Morgan fingerprint density at radius 1 is 1.32 bits per heavy atom. The van der Waals surface area contributed by atoms with Crippen molar-refractivity contribution in [1.82, 2.24) is 10.3 Å². The second-order valence-electron chi connectivity index (χ2n) is 4.64. The normalized spacial score (nSPS) is 20.3. The van der Waals surface area contributed by atoms with Crippen molar-refractivity contribution in [2.45, 2.75) is 37.9 Å². The van der Waals surface area contributed by atoms with E-state index in [-0.39, 0.29) is 5.88 Å². The van der Waals surface area contributed by atoms with Gasteiger partial charge in [0.1, 0.15) is 5.69 Å². The van der Waals surface area contributed by atoms with Gasteiger partial charge < -0.3 is 10.1 Å². The highest BCUT2D eigenvalue weighted by atomic mass is 19.4. The minimum atomic E-state index is -4.43. The van der Waals surface area contributed by atoms with Crippen LogP contribution < -0.4 is 10.1 Å². The maximum absolute atomic E-state index is 12.5. The predicted octanol–water partition coefficient (Wildman–Crippen LogP) is 3.01. The third kappa shape index (κ3) is 4.38. The molecular formula is C13H17F3N2O. The van der Waals surface area contributed by atoms with E-state index < -0.39 is 11.9 Å². The average molecular weight is 274 g/mol. The van der Waals surface area contributed by atoms with E-state index in [1.807, 2.05) is 0 Å². The van der Waals surface area contributed by atoms with Crippen molar-refractivity contribution in [1.29, 1.82) is 0 Å². The van der Waals surface area contributed by atoms with Gasteiger partial charge in [0, 0.05) is 12.1 Å². The number of halogens is 3. The number of nitrogens with zero attached hydrogens (tertiary/aromatic N) is 1. The van der Waals surface area contributed by atoms with Crippen molar-refractivity contribution >= 4 is 0 Å². The minimum Gasteiger partial charge on any atom is -0.478 e. The van der Waals surface area contributed by atoms with Gasteiger partial charge in [-0.05, 0) is 31.9 Å². The topological polar surface area (TPSA) is 34.1 Å². The summed E-state index contributed by atoms with van der Waals surface area (Å²) in [4.78, 5) is 3.46. The Labute approximate surface area is 110 Å². The highest BCUT2D eigenvalue weighted by Crippen LogP contribution is 2.28. The monoisotopic (exact) mass is 274 g/mol. The third-order valence-corrected chi connectivity index (χ3v) is 3.14. The highest BCUT2D eigenvalue weighted by molar-refractivity contribution is 5.17. The van der Waals surface area contributed by atoms with Crippen molar-refractivity contribution in [2.24, 2.45) is 0 Å². The lowest BCUT2D eigenvalue weighted by Crippen LogP contribution is -2.35. The number of alkyl halides is 3. The Morgan fingerprint density at radius 2 is 2.16 bits per heavy atom. The van der Waals surface area contributed by atoms with Gasteiger partial charge in [-0.1, -0.05) is 12.5 Å². The van der Waals surface area contributed by atoms with Crippen LogP contribution in [0.2, 0.25) is 0 Å². The zero-order chi connectivity index (χ0) is 13.7. The minimum absolute atomic E-state index is 0.0330. The van der Waals surface area contributed by atoms with Crippen LogP contribution in [0.15, 0.2) is 18.2 Å². The van der Waals surface area contributed by atoms with Crippen molar-refractivity contribution in [3.8, 4) is 5.88 Å². The Morgan fingerprint density at radius 3 is 2.84 bits per heavy atom. The van der Waals surface area contributed by atoms with Crippen LogP contribution in [0.1, 0.15) is 31.4 Å². The molecule has 0 saturated carbocycles. The molecule has 2 heterocycles. The summed E-state index contributed by atoms with van der Waals surface area (Å²) < 4.78 is 42.7. The number of rotatable bonds is 4. The van der Waals surface area contributed by atoms with Crippen LogP contribution in [-0.4, -0.2) is 24.2 Å². The van der Waals surface area contributed by atoms with E-state index in [2.05, 4.69) is 10.3 Å². The molecule has 1 N–H and O–H groups in total. The summed E-state index contributed by atoms with van der Waals surface area (Å²) in [6, 6.07) is 4.10. The summed E-state index contributed by atoms with van der Waals surface area (Å²) in [5, 5.41) is 3.36. The molecule has 0 spiro atoms. The van der Waals surface area contributed by atoms with Gasteiger partial charge in [-0.25, -0.2) is 4.98 Å². The smallest absolute Gasteiger partial charge is 0.433 e. The largest absolute Gasteiger partial charge is 0.478 e. The highest BCUT2D eigenvalue weighted by Gasteiger charge is 2.32. The lowest BCUT2D eigenvalue weighted by Gasteiger charge is -2.23. The standard InChI is InChI=1S/C13H17F3N2O/c14-13(15,16)11-5-3-6-12(18-11)19-9-7-10-4-1-2-8-17-10/h3,5-6,10,17H,1-2,4,7-9H2. The first-order chi connectivity index (χ1) is 9.05. The molecule has 1 atom stereocenters. The van der Waals surface area contributed by atoms with Gasteiger partial charge in [-0.3, -0.25) is 0 Å². The van der Waals surface area contributed by atoms with E-state index in [1.165, 1.54) is 25.0 Å². The van der Waals surface area contributed by atoms with Crippen LogP contribution in [-0.2, 0) is 6.18 Å². The van der Waals surface area contributed by atoms with Crippen molar-refractivity contribution < 1.29 is 17.9 Å². The fraction of sp³-hybridized carbons (Fsp3) is 0.615. The summed E-state index contributed by atoms with van der Waals surface area (Å²) in [5.74, 6) is 0.0330. The molecule has 1 aromatic heterocycles. The number of nitrogens with one attached hydrogen (secondary N) is 1. The summed E-state index contributed by atoms with van der Waals surface area (Å²) in [6.45, 7) is 1.39. The first kappa shape index (κ1) is 14.1. The van der Waals surface area contributed by atoms with Gasteiger partial charge >= 0.3 is 6.18 Å². The Kier molecular flexibility index (Phi) is 4.63. The lowest BCUT2D eigenvalue weighted by atomic mass is 10.0. The molecule has 6 heteroatoms. The Balaban J connectivity index is 1.82.